The molecule has 0 aliphatic rings. The molecule has 0 fully saturated rings. The second-order valence-electron chi connectivity index (χ2n) is 4.50. The van der Waals surface area contributed by atoms with E-state index in [1.807, 2.05) is 29.1 Å². The standard InChI is InChI=1S/C14H19BrN4S/c1-2-7-19-9-11(8-17-19)13(18-16)10-20-14-6-4-3-5-12(14)15/h3-6,8-9,13,18H,2,7,10,16H2,1H3. The SMILES string of the molecule is CCCn1cc(C(CSc2ccccc2Br)NN)cn1. The molecule has 0 amide bonds. The minimum Gasteiger partial charge on any atom is -0.272 e. The predicted octanol–water partition coefficient (Wildman–Crippen LogP) is 3.35. The van der Waals surface area contributed by atoms with Gasteiger partial charge in [-0.25, -0.2) is 0 Å². The molecule has 0 aliphatic carbocycles. The molecule has 4 nitrogen and oxygen atoms in total. The first kappa shape index (κ1) is 15.6. The van der Waals surface area contributed by atoms with Crippen LogP contribution in [-0.2, 0) is 6.54 Å². The van der Waals surface area contributed by atoms with Gasteiger partial charge in [-0.3, -0.25) is 16.0 Å². The Labute approximate surface area is 132 Å². The quantitative estimate of drug-likeness (QED) is 0.454. The maximum Gasteiger partial charge on any atom is 0.0584 e. The molecule has 1 aromatic heterocycles. The number of hydrogen-bond donors (Lipinski definition) is 2. The molecule has 108 valence electrons. The predicted molar refractivity (Wildman–Crippen MR) is 87.4 cm³/mol. The first-order valence-corrected chi connectivity index (χ1v) is 8.38. The van der Waals surface area contributed by atoms with Gasteiger partial charge in [0, 0.05) is 33.4 Å². The van der Waals surface area contributed by atoms with E-state index in [9.17, 15) is 0 Å². The van der Waals surface area contributed by atoms with Gasteiger partial charge in [-0.1, -0.05) is 19.1 Å². The molecular formula is C14H19BrN4S. The lowest BCUT2D eigenvalue weighted by Crippen LogP contribution is -2.29. The molecule has 0 saturated carbocycles. The van der Waals surface area contributed by atoms with Gasteiger partial charge >= 0.3 is 0 Å². The number of nitrogens with zero attached hydrogens (tertiary/aromatic N) is 2. The van der Waals surface area contributed by atoms with Gasteiger partial charge in [-0.05, 0) is 34.5 Å². The number of aryl methyl sites for hydroxylation is 1. The lowest BCUT2D eigenvalue weighted by molar-refractivity contribution is 0.592. The molecular weight excluding hydrogens is 336 g/mol. The number of nitrogens with two attached hydrogens (primary N) is 1. The number of benzene rings is 1. The van der Waals surface area contributed by atoms with Crippen LogP contribution in [0.25, 0.3) is 0 Å². The summed E-state index contributed by atoms with van der Waals surface area (Å²) in [5.74, 6) is 6.54. The number of halogens is 1. The van der Waals surface area contributed by atoms with E-state index in [0.29, 0.717) is 0 Å². The zero-order valence-electron chi connectivity index (χ0n) is 11.4. The van der Waals surface area contributed by atoms with Crippen LogP contribution in [0.2, 0.25) is 0 Å². The van der Waals surface area contributed by atoms with Crippen molar-refractivity contribution >= 4 is 27.7 Å². The van der Waals surface area contributed by atoms with Gasteiger partial charge in [0.05, 0.1) is 12.2 Å². The van der Waals surface area contributed by atoms with Crippen LogP contribution in [0.5, 0.6) is 0 Å². The maximum absolute atomic E-state index is 5.68. The van der Waals surface area contributed by atoms with Crippen molar-refractivity contribution in [2.75, 3.05) is 5.75 Å². The van der Waals surface area contributed by atoms with Gasteiger partial charge in [-0.2, -0.15) is 5.10 Å². The average molecular weight is 355 g/mol. The third-order valence-corrected chi connectivity index (χ3v) is 5.07. The third-order valence-electron chi connectivity index (χ3n) is 2.95. The highest BCUT2D eigenvalue weighted by Gasteiger charge is 2.13. The Morgan fingerprint density at radius 3 is 2.95 bits per heavy atom. The average Bonchev–Trinajstić information content (AvgIpc) is 2.90. The van der Waals surface area contributed by atoms with Crippen LogP contribution in [0, 0.1) is 0 Å². The molecule has 1 heterocycles. The fourth-order valence-corrected chi connectivity index (χ4v) is 3.53. The number of hydrazine groups is 1. The van der Waals surface area contributed by atoms with E-state index >= 15 is 0 Å². The molecule has 2 rings (SSSR count). The summed E-state index contributed by atoms with van der Waals surface area (Å²) < 4.78 is 3.07. The van der Waals surface area contributed by atoms with Gasteiger partial charge in [0.1, 0.15) is 0 Å². The zero-order chi connectivity index (χ0) is 14.4. The van der Waals surface area contributed by atoms with E-state index in [1.165, 1.54) is 4.90 Å². The number of rotatable bonds is 7. The highest BCUT2D eigenvalue weighted by Crippen LogP contribution is 2.30. The van der Waals surface area contributed by atoms with Crippen LogP contribution >= 0.6 is 27.7 Å². The first-order chi connectivity index (χ1) is 9.74. The summed E-state index contributed by atoms with van der Waals surface area (Å²) in [6.07, 6.45) is 5.03. The lowest BCUT2D eigenvalue weighted by atomic mass is 10.2. The molecule has 0 radical (unpaired) electrons. The van der Waals surface area contributed by atoms with Crippen molar-refractivity contribution in [1.82, 2.24) is 15.2 Å². The molecule has 0 spiro atoms. The summed E-state index contributed by atoms with van der Waals surface area (Å²) in [5, 5.41) is 4.35. The van der Waals surface area contributed by atoms with E-state index < -0.39 is 0 Å². The number of nitrogens with one attached hydrogen (secondary N) is 1. The summed E-state index contributed by atoms with van der Waals surface area (Å²) >= 11 is 5.33. The van der Waals surface area contributed by atoms with Crippen molar-refractivity contribution in [3.63, 3.8) is 0 Å². The monoisotopic (exact) mass is 354 g/mol. The Morgan fingerprint density at radius 1 is 1.45 bits per heavy atom. The topological polar surface area (TPSA) is 55.9 Å². The normalized spacial score (nSPS) is 12.6. The highest BCUT2D eigenvalue weighted by atomic mass is 79.9. The Kier molecular flexibility index (Phi) is 6.09. The van der Waals surface area contributed by atoms with E-state index in [0.717, 1.165) is 28.8 Å². The second-order valence-corrected chi connectivity index (χ2v) is 6.41. The molecule has 0 saturated heterocycles. The van der Waals surface area contributed by atoms with Crippen LogP contribution < -0.4 is 11.3 Å². The number of aromatic nitrogens is 2. The van der Waals surface area contributed by atoms with E-state index in [4.69, 9.17) is 5.84 Å². The first-order valence-electron chi connectivity index (χ1n) is 6.60. The molecule has 1 aromatic carbocycles. The Balaban J connectivity index is 1.99. The fourth-order valence-electron chi connectivity index (χ4n) is 1.89. The summed E-state index contributed by atoms with van der Waals surface area (Å²) in [7, 11) is 0. The molecule has 1 unspecified atom stereocenters. The van der Waals surface area contributed by atoms with Crippen LogP contribution in [-0.4, -0.2) is 15.5 Å². The van der Waals surface area contributed by atoms with Crippen molar-refractivity contribution in [3.05, 3.63) is 46.7 Å². The van der Waals surface area contributed by atoms with Crippen molar-refractivity contribution in [2.45, 2.75) is 30.8 Å². The molecule has 0 bridgehead atoms. The van der Waals surface area contributed by atoms with E-state index in [2.05, 4.69) is 45.6 Å². The molecule has 1 atom stereocenters. The van der Waals surface area contributed by atoms with Crippen LogP contribution in [0.1, 0.15) is 24.9 Å². The summed E-state index contributed by atoms with van der Waals surface area (Å²) in [4.78, 5) is 1.22. The maximum atomic E-state index is 5.68. The van der Waals surface area contributed by atoms with Crippen LogP contribution in [0.3, 0.4) is 0 Å². The lowest BCUT2D eigenvalue weighted by Gasteiger charge is -2.14. The van der Waals surface area contributed by atoms with Crippen molar-refractivity contribution < 1.29 is 0 Å². The van der Waals surface area contributed by atoms with Gasteiger partial charge < -0.3 is 0 Å². The Hall–Kier alpha value is -0.820. The zero-order valence-corrected chi connectivity index (χ0v) is 13.8. The molecule has 6 heteroatoms. The van der Waals surface area contributed by atoms with Gasteiger partial charge in [0.25, 0.3) is 0 Å². The van der Waals surface area contributed by atoms with Crippen molar-refractivity contribution in [3.8, 4) is 0 Å². The second kappa shape index (κ2) is 7.83. The largest absolute Gasteiger partial charge is 0.272 e. The van der Waals surface area contributed by atoms with Crippen LogP contribution in [0.4, 0.5) is 0 Å². The third kappa shape index (κ3) is 4.09. The molecule has 0 aliphatic heterocycles. The Morgan fingerprint density at radius 2 is 2.25 bits per heavy atom. The molecule has 3 N–H and O–H groups in total. The van der Waals surface area contributed by atoms with Gasteiger partial charge in [0.2, 0.25) is 0 Å². The van der Waals surface area contributed by atoms with E-state index in [1.54, 1.807) is 11.8 Å². The van der Waals surface area contributed by atoms with Crippen LogP contribution in [0.15, 0.2) is 46.0 Å². The minimum atomic E-state index is 0.0951. The fraction of sp³-hybridized carbons (Fsp3) is 0.357. The Bertz CT molecular complexity index is 543. The van der Waals surface area contributed by atoms with Crippen molar-refractivity contribution in [1.29, 1.82) is 0 Å². The summed E-state index contributed by atoms with van der Waals surface area (Å²) in [5.41, 5.74) is 4.00. The minimum absolute atomic E-state index is 0.0951. The number of thioether (sulfide) groups is 1. The molecule has 20 heavy (non-hydrogen) atoms. The number of hydrogen-bond acceptors (Lipinski definition) is 4. The molecule has 2 aromatic rings. The summed E-state index contributed by atoms with van der Waals surface area (Å²) in [6.45, 7) is 3.08. The van der Waals surface area contributed by atoms with Gasteiger partial charge in [0.15, 0.2) is 0 Å². The smallest absolute Gasteiger partial charge is 0.0584 e. The highest BCUT2D eigenvalue weighted by molar-refractivity contribution is 9.10. The van der Waals surface area contributed by atoms with Crippen molar-refractivity contribution in [2.24, 2.45) is 5.84 Å². The summed E-state index contributed by atoms with van der Waals surface area (Å²) in [6, 6.07) is 8.30. The van der Waals surface area contributed by atoms with Gasteiger partial charge in [-0.15, -0.1) is 11.8 Å². The van der Waals surface area contributed by atoms with E-state index in [-0.39, 0.29) is 6.04 Å².